The number of fused-ring (bicyclic) bond motifs is 5. The first-order chi connectivity index (χ1) is 12.9. The van der Waals surface area contributed by atoms with Crippen molar-refractivity contribution in [2.45, 2.75) is 64.4 Å². The van der Waals surface area contributed by atoms with Gasteiger partial charge in [-0.15, -0.1) is 0 Å². The van der Waals surface area contributed by atoms with E-state index in [0.717, 1.165) is 38.5 Å². The smallest absolute Gasteiger partial charge is 0.302 e. The van der Waals surface area contributed by atoms with E-state index in [0.29, 0.717) is 23.5 Å². The zero-order valence-electron chi connectivity index (χ0n) is 16.5. The van der Waals surface area contributed by atoms with Crippen LogP contribution in [0.1, 0.15) is 63.0 Å². The van der Waals surface area contributed by atoms with Crippen LogP contribution in [-0.4, -0.2) is 31.1 Å². The molecule has 5 atom stereocenters. The first kappa shape index (κ1) is 18.6. The molecule has 0 saturated heterocycles. The van der Waals surface area contributed by atoms with Crippen molar-refractivity contribution in [1.82, 2.24) is 0 Å². The molecule has 5 nitrogen and oxygen atoms in total. The first-order valence-corrected chi connectivity index (χ1v) is 10.1. The van der Waals surface area contributed by atoms with E-state index in [2.05, 4.69) is 6.92 Å². The summed E-state index contributed by atoms with van der Waals surface area (Å²) in [6, 6.07) is 3.91. The Hall–Kier alpha value is -1.75. The second kappa shape index (κ2) is 7.01. The minimum absolute atomic E-state index is 0.0561. The number of hydrogen-bond acceptors (Lipinski definition) is 5. The van der Waals surface area contributed by atoms with Gasteiger partial charge in [-0.2, -0.15) is 0 Å². The molecule has 0 radical (unpaired) electrons. The van der Waals surface area contributed by atoms with Gasteiger partial charge in [0.1, 0.15) is 6.10 Å². The number of benzene rings is 1. The van der Waals surface area contributed by atoms with Gasteiger partial charge in [-0.1, -0.05) is 6.92 Å². The lowest BCUT2D eigenvalue weighted by Gasteiger charge is -2.50. The fourth-order valence-electron chi connectivity index (χ4n) is 6.17. The fourth-order valence-corrected chi connectivity index (χ4v) is 6.17. The van der Waals surface area contributed by atoms with Crippen molar-refractivity contribution in [2.24, 2.45) is 17.3 Å². The molecule has 0 unspecified atom stereocenters. The van der Waals surface area contributed by atoms with Gasteiger partial charge in [0.05, 0.1) is 0 Å². The molecule has 0 spiro atoms. The molecule has 1 aromatic carbocycles. The van der Waals surface area contributed by atoms with Gasteiger partial charge < -0.3 is 19.3 Å². The summed E-state index contributed by atoms with van der Waals surface area (Å²) in [6.45, 7) is 3.98. The highest BCUT2D eigenvalue weighted by Crippen LogP contribution is 2.62. The summed E-state index contributed by atoms with van der Waals surface area (Å²) >= 11 is 0. The van der Waals surface area contributed by atoms with E-state index in [1.165, 1.54) is 18.1 Å². The van der Waals surface area contributed by atoms with E-state index >= 15 is 0 Å². The molecule has 2 saturated carbocycles. The van der Waals surface area contributed by atoms with Crippen LogP contribution < -0.4 is 4.74 Å². The molecule has 1 aromatic rings. The average molecular weight is 374 g/mol. The number of aryl methyl sites for hydroxylation is 1. The molecule has 0 amide bonds. The SMILES string of the molecule is COCOc1cc2c(cc1O)[C@H]1CC[C@]3(C)[C@@H](OC(C)=O)CC[C@H]3[C@@H]1CC2. The van der Waals surface area contributed by atoms with Crippen molar-refractivity contribution in [3.63, 3.8) is 0 Å². The molecule has 0 heterocycles. The van der Waals surface area contributed by atoms with Crippen LogP contribution in [-0.2, 0) is 20.7 Å². The highest BCUT2D eigenvalue weighted by atomic mass is 16.7. The summed E-state index contributed by atoms with van der Waals surface area (Å²) in [6.07, 6.45) is 6.47. The van der Waals surface area contributed by atoms with Gasteiger partial charge in [-0.25, -0.2) is 0 Å². The second-order valence-electron chi connectivity index (χ2n) is 8.71. The van der Waals surface area contributed by atoms with Gasteiger partial charge in [0.25, 0.3) is 0 Å². The summed E-state index contributed by atoms with van der Waals surface area (Å²) in [4.78, 5) is 11.5. The Morgan fingerprint density at radius 1 is 1.26 bits per heavy atom. The predicted octanol–water partition coefficient (Wildman–Crippen LogP) is 4.16. The second-order valence-corrected chi connectivity index (χ2v) is 8.71. The summed E-state index contributed by atoms with van der Waals surface area (Å²) in [7, 11) is 1.57. The molecule has 3 aliphatic carbocycles. The number of aromatic hydroxyl groups is 1. The van der Waals surface area contributed by atoms with E-state index in [-0.39, 0.29) is 30.0 Å². The lowest BCUT2D eigenvalue weighted by atomic mass is 9.55. The molecule has 4 rings (SSSR count). The van der Waals surface area contributed by atoms with Crippen LogP contribution >= 0.6 is 0 Å². The molecule has 2 fully saturated rings. The standard InChI is InChI=1S/C22H30O5/c1-13(23)27-21-7-6-18-16-5-4-14-10-20(26-12-25-3)19(24)11-17(14)15(16)8-9-22(18,21)2/h10-11,15-16,18,21,24H,4-9,12H2,1-3H3/t15-,16+,18-,21-,22-/m0/s1. The number of phenolic OH excluding ortho intramolecular Hbond substituents is 1. The van der Waals surface area contributed by atoms with Crippen LogP contribution in [0.3, 0.4) is 0 Å². The average Bonchev–Trinajstić information content (AvgIpc) is 2.96. The number of hydrogen-bond donors (Lipinski definition) is 1. The fraction of sp³-hybridized carbons (Fsp3) is 0.682. The van der Waals surface area contributed by atoms with Gasteiger partial charge >= 0.3 is 5.97 Å². The van der Waals surface area contributed by atoms with Crippen molar-refractivity contribution in [2.75, 3.05) is 13.9 Å². The Labute approximate surface area is 161 Å². The molecule has 0 aromatic heterocycles. The van der Waals surface area contributed by atoms with E-state index in [1.54, 1.807) is 7.11 Å². The maximum atomic E-state index is 11.5. The molecule has 148 valence electrons. The molecule has 27 heavy (non-hydrogen) atoms. The lowest BCUT2D eigenvalue weighted by Crippen LogP contribution is -2.45. The first-order valence-electron chi connectivity index (χ1n) is 10.1. The van der Waals surface area contributed by atoms with Gasteiger partial charge in [-0.05, 0) is 79.5 Å². The normalized spacial score (nSPS) is 34.3. The minimum Gasteiger partial charge on any atom is -0.504 e. The van der Waals surface area contributed by atoms with Crippen LogP contribution in [0.25, 0.3) is 0 Å². The van der Waals surface area contributed by atoms with E-state index in [9.17, 15) is 9.90 Å². The Morgan fingerprint density at radius 2 is 2.07 bits per heavy atom. The number of esters is 1. The van der Waals surface area contributed by atoms with Crippen molar-refractivity contribution < 1.29 is 24.1 Å². The largest absolute Gasteiger partial charge is 0.504 e. The molecule has 5 heteroatoms. The number of methoxy groups -OCH3 is 1. The van der Waals surface area contributed by atoms with E-state index in [1.807, 2.05) is 12.1 Å². The zero-order valence-corrected chi connectivity index (χ0v) is 16.5. The van der Waals surface area contributed by atoms with Crippen molar-refractivity contribution in [3.05, 3.63) is 23.3 Å². The third-order valence-corrected chi connectivity index (χ3v) is 7.36. The van der Waals surface area contributed by atoms with Crippen LogP contribution in [0.2, 0.25) is 0 Å². The summed E-state index contributed by atoms with van der Waals surface area (Å²) in [5.74, 6) is 2.20. The molecule has 3 aliphatic rings. The summed E-state index contributed by atoms with van der Waals surface area (Å²) in [5, 5.41) is 10.4. The van der Waals surface area contributed by atoms with Crippen LogP contribution in [0.4, 0.5) is 0 Å². The number of ether oxygens (including phenoxy) is 3. The van der Waals surface area contributed by atoms with Crippen molar-refractivity contribution in [3.8, 4) is 11.5 Å². The van der Waals surface area contributed by atoms with Gasteiger partial charge in [0.2, 0.25) is 0 Å². The van der Waals surface area contributed by atoms with Crippen molar-refractivity contribution in [1.29, 1.82) is 0 Å². The van der Waals surface area contributed by atoms with Crippen LogP contribution in [0, 0.1) is 17.3 Å². The molecular weight excluding hydrogens is 344 g/mol. The van der Waals surface area contributed by atoms with Gasteiger partial charge in [0, 0.05) is 19.4 Å². The monoisotopic (exact) mass is 374 g/mol. The van der Waals surface area contributed by atoms with E-state index < -0.39 is 0 Å². The highest BCUT2D eigenvalue weighted by molar-refractivity contribution is 5.66. The van der Waals surface area contributed by atoms with Gasteiger partial charge in [0.15, 0.2) is 18.3 Å². The Kier molecular flexibility index (Phi) is 4.83. The summed E-state index contributed by atoms with van der Waals surface area (Å²) in [5.41, 5.74) is 2.67. The Bertz CT molecular complexity index is 730. The Balaban J connectivity index is 1.59. The quantitative estimate of drug-likeness (QED) is 0.633. The third kappa shape index (κ3) is 3.10. The molecular formula is C22H30O5. The number of rotatable bonds is 4. The van der Waals surface area contributed by atoms with Crippen LogP contribution in [0.5, 0.6) is 11.5 Å². The number of phenols is 1. The zero-order chi connectivity index (χ0) is 19.2. The topological polar surface area (TPSA) is 65.0 Å². The molecule has 0 bridgehead atoms. The lowest BCUT2D eigenvalue weighted by molar-refractivity contribution is -0.154. The maximum Gasteiger partial charge on any atom is 0.302 e. The summed E-state index contributed by atoms with van der Waals surface area (Å²) < 4.78 is 16.2. The number of carbonyl (C=O) groups is 1. The molecule has 0 aliphatic heterocycles. The van der Waals surface area contributed by atoms with Crippen LogP contribution in [0.15, 0.2) is 12.1 Å². The predicted molar refractivity (Wildman–Crippen MR) is 101 cm³/mol. The maximum absolute atomic E-state index is 11.5. The Morgan fingerprint density at radius 3 is 2.81 bits per heavy atom. The minimum atomic E-state index is -0.161. The van der Waals surface area contributed by atoms with Gasteiger partial charge in [-0.3, -0.25) is 4.79 Å². The molecule has 1 N–H and O–H groups in total. The van der Waals surface area contributed by atoms with Crippen molar-refractivity contribution >= 4 is 5.97 Å². The highest BCUT2D eigenvalue weighted by Gasteiger charge is 2.56. The van der Waals surface area contributed by atoms with E-state index in [4.69, 9.17) is 14.2 Å². The number of carbonyl (C=O) groups excluding carboxylic acids is 1. The third-order valence-electron chi connectivity index (χ3n) is 7.36.